The van der Waals surface area contributed by atoms with Gasteiger partial charge < -0.3 is 14.7 Å². The van der Waals surface area contributed by atoms with E-state index in [1.54, 1.807) is 23.5 Å². The number of thiazole rings is 1. The van der Waals surface area contributed by atoms with E-state index < -0.39 is 6.10 Å². The van der Waals surface area contributed by atoms with Crippen LogP contribution in [0.15, 0.2) is 29.6 Å². The van der Waals surface area contributed by atoms with E-state index in [1.165, 1.54) is 0 Å². The van der Waals surface area contributed by atoms with Crippen LogP contribution >= 0.6 is 22.9 Å². The highest BCUT2D eigenvalue weighted by molar-refractivity contribution is 7.09. The molecule has 1 N–H and O–H groups in total. The molecule has 1 saturated heterocycles. The third kappa shape index (κ3) is 4.50. The molecule has 0 bridgehead atoms. The first kappa shape index (κ1) is 19.7. The monoisotopic (exact) mass is 420 g/mol. The van der Waals surface area contributed by atoms with Crippen LogP contribution in [0.3, 0.4) is 0 Å². The number of aromatic nitrogens is 1. The molecule has 0 unspecified atom stereocenters. The van der Waals surface area contributed by atoms with Crippen LogP contribution in [-0.4, -0.2) is 46.2 Å². The molecule has 2 heterocycles. The second-order valence-corrected chi connectivity index (χ2v) is 9.33. The van der Waals surface area contributed by atoms with E-state index in [2.05, 4.69) is 4.98 Å². The zero-order valence-electron chi connectivity index (χ0n) is 15.9. The number of rotatable bonds is 5. The highest BCUT2D eigenvalue weighted by Crippen LogP contribution is 2.38. The maximum atomic E-state index is 12.7. The number of ether oxygens (including phenoxy) is 1. The Morgan fingerprint density at radius 1 is 1.36 bits per heavy atom. The van der Waals surface area contributed by atoms with Crippen molar-refractivity contribution in [2.45, 2.75) is 44.8 Å². The van der Waals surface area contributed by atoms with Gasteiger partial charge in [0.15, 0.2) is 0 Å². The van der Waals surface area contributed by atoms with Gasteiger partial charge in [-0.1, -0.05) is 17.7 Å². The average molecular weight is 421 g/mol. The lowest BCUT2D eigenvalue weighted by atomic mass is 9.78. The minimum absolute atomic E-state index is 0.182. The molecule has 150 valence electrons. The number of aliphatic hydroxyl groups is 1. The number of carbonyl (C=O) groups is 1. The molecule has 0 radical (unpaired) electrons. The lowest BCUT2D eigenvalue weighted by Crippen LogP contribution is -2.42. The quantitative estimate of drug-likeness (QED) is 0.800. The first-order valence-electron chi connectivity index (χ1n) is 9.77. The molecule has 1 aromatic carbocycles. The largest absolute Gasteiger partial charge is 0.488 e. The molecule has 7 heteroatoms. The predicted molar refractivity (Wildman–Crippen MR) is 110 cm³/mol. The van der Waals surface area contributed by atoms with Gasteiger partial charge in [-0.25, -0.2) is 4.98 Å². The fourth-order valence-electron chi connectivity index (χ4n) is 4.35. The lowest BCUT2D eigenvalue weighted by molar-refractivity contribution is -0.130. The zero-order valence-corrected chi connectivity index (χ0v) is 17.5. The molecule has 1 aliphatic carbocycles. The fourth-order valence-corrected chi connectivity index (χ4v) is 5.18. The Kier molecular flexibility index (Phi) is 5.90. The van der Waals surface area contributed by atoms with Gasteiger partial charge in [0, 0.05) is 29.9 Å². The van der Waals surface area contributed by atoms with Gasteiger partial charge in [-0.05, 0) is 56.2 Å². The summed E-state index contributed by atoms with van der Waals surface area (Å²) in [5, 5.41) is 14.2. The van der Waals surface area contributed by atoms with Gasteiger partial charge >= 0.3 is 0 Å². The van der Waals surface area contributed by atoms with Crippen LogP contribution in [0.4, 0.5) is 0 Å². The standard InChI is InChI=1S/C21H25ClN2O3S/c1-13-23-17(12-28-13)5-6-21(26)24-10-14-7-19(25)20(8-15(14)11-24)27-18-4-2-3-16(22)9-18/h2-4,9,12,14-15,19-20,25H,5-8,10-11H2,1H3/t14-,15+,19+,20+/m0/s1. The molecule has 1 saturated carbocycles. The Balaban J connectivity index is 1.32. The fraction of sp³-hybridized carbons (Fsp3) is 0.524. The van der Waals surface area contributed by atoms with Crippen molar-refractivity contribution in [2.75, 3.05) is 13.1 Å². The van der Waals surface area contributed by atoms with Gasteiger partial charge in [-0.15, -0.1) is 11.3 Å². The smallest absolute Gasteiger partial charge is 0.222 e. The SMILES string of the molecule is Cc1nc(CCC(=O)N2C[C@H]3C[C@@H](Oc4cccc(Cl)c4)[C@H](O)C[C@H]3C2)cs1. The highest BCUT2D eigenvalue weighted by Gasteiger charge is 2.43. The number of likely N-dealkylation sites (tertiary alicyclic amines) is 1. The van der Waals surface area contributed by atoms with Crippen molar-refractivity contribution in [1.82, 2.24) is 9.88 Å². The maximum Gasteiger partial charge on any atom is 0.222 e. The normalized spacial score (nSPS) is 26.9. The van der Waals surface area contributed by atoms with E-state index in [9.17, 15) is 9.90 Å². The van der Waals surface area contributed by atoms with E-state index >= 15 is 0 Å². The summed E-state index contributed by atoms with van der Waals surface area (Å²) < 4.78 is 6.01. The molecule has 28 heavy (non-hydrogen) atoms. The molecule has 2 aliphatic rings. The summed E-state index contributed by atoms with van der Waals surface area (Å²) in [6.07, 6.45) is 1.84. The molecule has 4 atom stereocenters. The molecule has 1 aliphatic heterocycles. The Labute approximate surface area is 174 Å². The van der Waals surface area contributed by atoms with Crippen LogP contribution in [0.5, 0.6) is 5.75 Å². The summed E-state index contributed by atoms with van der Waals surface area (Å²) in [4.78, 5) is 19.1. The number of amides is 1. The molecular formula is C21H25ClN2O3S. The summed E-state index contributed by atoms with van der Waals surface area (Å²) in [5.41, 5.74) is 0.998. The van der Waals surface area contributed by atoms with E-state index in [0.717, 1.165) is 30.2 Å². The molecule has 2 fully saturated rings. The van der Waals surface area contributed by atoms with Crippen molar-refractivity contribution in [3.8, 4) is 5.75 Å². The molecular weight excluding hydrogens is 396 g/mol. The van der Waals surface area contributed by atoms with E-state index in [0.29, 0.717) is 41.9 Å². The van der Waals surface area contributed by atoms with Crippen LogP contribution in [-0.2, 0) is 11.2 Å². The van der Waals surface area contributed by atoms with Crippen molar-refractivity contribution in [3.05, 3.63) is 45.4 Å². The van der Waals surface area contributed by atoms with Gasteiger partial charge in [0.05, 0.1) is 16.8 Å². The summed E-state index contributed by atoms with van der Waals surface area (Å²) in [6.45, 7) is 3.47. The number of nitrogens with zero attached hydrogens (tertiary/aromatic N) is 2. The first-order valence-corrected chi connectivity index (χ1v) is 11.0. The molecule has 2 aromatic rings. The van der Waals surface area contributed by atoms with Crippen LogP contribution in [0.1, 0.15) is 30.0 Å². The van der Waals surface area contributed by atoms with Crippen molar-refractivity contribution >= 4 is 28.8 Å². The Morgan fingerprint density at radius 2 is 2.14 bits per heavy atom. The second-order valence-electron chi connectivity index (χ2n) is 7.83. The minimum Gasteiger partial charge on any atom is -0.488 e. The Bertz CT molecular complexity index is 843. The second kappa shape index (κ2) is 8.39. The zero-order chi connectivity index (χ0) is 19.7. The summed E-state index contributed by atoms with van der Waals surface area (Å²) in [5.74, 6) is 1.58. The Hall–Kier alpha value is -1.63. The molecule has 4 rings (SSSR count). The van der Waals surface area contributed by atoms with Gasteiger partial charge in [-0.3, -0.25) is 4.79 Å². The molecule has 5 nitrogen and oxygen atoms in total. The van der Waals surface area contributed by atoms with Crippen molar-refractivity contribution in [3.63, 3.8) is 0 Å². The van der Waals surface area contributed by atoms with Crippen LogP contribution in [0.25, 0.3) is 0 Å². The van der Waals surface area contributed by atoms with Crippen molar-refractivity contribution in [2.24, 2.45) is 11.8 Å². The van der Waals surface area contributed by atoms with Crippen molar-refractivity contribution in [1.29, 1.82) is 0 Å². The predicted octanol–water partition coefficient (Wildman–Crippen LogP) is 3.71. The van der Waals surface area contributed by atoms with E-state index in [4.69, 9.17) is 16.3 Å². The summed E-state index contributed by atoms with van der Waals surface area (Å²) in [7, 11) is 0. The molecule has 1 aromatic heterocycles. The number of aliphatic hydroxyl groups excluding tert-OH is 1. The number of fused-ring (bicyclic) bond motifs is 1. The number of benzene rings is 1. The number of hydrogen-bond acceptors (Lipinski definition) is 5. The van der Waals surface area contributed by atoms with E-state index in [-0.39, 0.29) is 12.0 Å². The molecule has 0 spiro atoms. The number of carbonyl (C=O) groups excluding carboxylic acids is 1. The van der Waals surface area contributed by atoms with Crippen LogP contribution < -0.4 is 4.74 Å². The third-order valence-electron chi connectivity index (χ3n) is 5.78. The molecule has 1 amide bonds. The maximum absolute atomic E-state index is 12.7. The topological polar surface area (TPSA) is 62.7 Å². The lowest BCUT2D eigenvalue weighted by Gasteiger charge is -2.35. The number of halogens is 1. The van der Waals surface area contributed by atoms with Crippen LogP contribution in [0.2, 0.25) is 5.02 Å². The third-order valence-corrected chi connectivity index (χ3v) is 6.84. The van der Waals surface area contributed by atoms with E-state index in [1.807, 2.05) is 29.3 Å². The van der Waals surface area contributed by atoms with Crippen molar-refractivity contribution < 1.29 is 14.6 Å². The van der Waals surface area contributed by atoms with Crippen LogP contribution in [0, 0.1) is 18.8 Å². The number of hydrogen-bond donors (Lipinski definition) is 1. The minimum atomic E-state index is -0.520. The summed E-state index contributed by atoms with van der Waals surface area (Å²) in [6, 6.07) is 7.27. The van der Waals surface area contributed by atoms with Gasteiger partial charge in [-0.2, -0.15) is 0 Å². The summed E-state index contributed by atoms with van der Waals surface area (Å²) >= 11 is 7.65. The van der Waals surface area contributed by atoms with Gasteiger partial charge in [0.25, 0.3) is 0 Å². The highest BCUT2D eigenvalue weighted by atomic mass is 35.5. The van der Waals surface area contributed by atoms with Gasteiger partial charge in [0.2, 0.25) is 5.91 Å². The van der Waals surface area contributed by atoms with Gasteiger partial charge in [0.1, 0.15) is 11.9 Å². The first-order chi connectivity index (χ1) is 13.5. The number of aryl methyl sites for hydroxylation is 2. The average Bonchev–Trinajstić information content (AvgIpc) is 3.26. The Morgan fingerprint density at radius 3 is 2.86 bits per heavy atom.